The Morgan fingerprint density at radius 1 is 1.13 bits per heavy atom. The molecule has 0 unspecified atom stereocenters. The van der Waals surface area contributed by atoms with Gasteiger partial charge in [-0.1, -0.05) is 6.92 Å². The van der Waals surface area contributed by atoms with Gasteiger partial charge in [-0.15, -0.1) is 0 Å². The third-order valence-electron chi connectivity index (χ3n) is 3.66. The maximum atomic E-state index is 12.2. The van der Waals surface area contributed by atoms with Gasteiger partial charge in [0.1, 0.15) is 5.75 Å². The van der Waals surface area contributed by atoms with Gasteiger partial charge in [0.2, 0.25) is 5.91 Å². The van der Waals surface area contributed by atoms with E-state index in [1.165, 1.54) is 24.3 Å². The van der Waals surface area contributed by atoms with Crippen molar-refractivity contribution in [3.8, 4) is 5.75 Å². The second-order valence-corrected chi connectivity index (χ2v) is 5.19. The maximum absolute atomic E-state index is 12.2. The summed E-state index contributed by atoms with van der Waals surface area (Å²) in [5.74, 6) is 0.335. The highest BCUT2D eigenvalue weighted by Gasteiger charge is 2.22. The van der Waals surface area contributed by atoms with Crippen LogP contribution in [0.25, 0.3) is 0 Å². The van der Waals surface area contributed by atoms with Crippen LogP contribution in [-0.4, -0.2) is 52.9 Å². The number of benzene rings is 1. The molecule has 0 saturated carbocycles. The van der Waals surface area contributed by atoms with E-state index in [1.807, 2.05) is 6.92 Å². The molecule has 2 amide bonds. The molecule has 0 N–H and O–H groups in total. The summed E-state index contributed by atoms with van der Waals surface area (Å²) in [6.45, 7) is 3.86. The zero-order valence-electron chi connectivity index (χ0n) is 12.9. The molecule has 0 bridgehead atoms. The van der Waals surface area contributed by atoms with Crippen molar-refractivity contribution in [2.75, 3.05) is 26.2 Å². The van der Waals surface area contributed by atoms with Crippen LogP contribution in [0.2, 0.25) is 0 Å². The van der Waals surface area contributed by atoms with E-state index < -0.39 is 11.0 Å². The van der Waals surface area contributed by atoms with E-state index in [9.17, 15) is 19.7 Å². The molecule has 1 saturated heterocycles. The highest BCUT2D eigenvalue weighted by atomic mass is 16.6. The summed E-state index contributed by atoms with van der Waals surface area (Å²) in [6, 6.07) is 5.35. The molecule has 1 heterocycles. The normalized spacial score (nSPS) is 15.0. The minimum Gasteiger partial charge on any atom is -0.410 e. The van der Waals surface area contributed by atoms with Crippen LogP contribution in [0.5, 0.6) is 5.75 Å². The number of ether oxygens (including phenoxy) is 1. The quantitative estimate of drug-likeness (QED) is 0.627. The molecule has 23 heavy (non-hydrogen) atoms. The highest BCUT2D eigenvalue weighted by molar-refractivity contribution is 5.76. The fourth-order valence-electron chi connectivity index (χ4n) is 2.37. The van der Waals surface area contributed by atoms with Crippen LogP contribution in [-0.2, 0) is 4.79 Å². The Hall–Kier alpha value is -2.64. The molecule has 1 aliphatic rings. The van der Waals surface area contributed by atoms with E-state index in [0.717, 1.165) is 0 Å². The summed E-state index contributed by atoms with van der Waals surface area (Å²) in [4.78, 5) is 37.2. The van der Waals surface area contributed by atoms with E-state index in [4.69, 9.17) is 4.74 Å². The number of nitro benzene ring substituents is 1. The van der Waals surface area contributed by atoms with Crippen LogP contribution in [0.1, 0.15) is 19.8 Å². The van der Waals surface area contributed by atoms with Gasteiger partial charge in [-0.05, 0) is 18.6 Å². The Morgan fingerprint density at radius 2 is 1.74 bits per heavy atom. The number of nitro groups is 1. The van der Waals surface area contributed by atoms with Gasteiger partial charge in [-0.25, -0.2) is 4.79 Å². The zero-order chi connectivity index (χ0) is 16.8. The number of nitrogens with zero attached hydrogens (tertiary/aromatic N) is 3. The second kappa shape index (κ2) is 7.57. The fraction of sp³-hybridized carbons (Fsp3) is 0.467. The fourth-order valence-corrected chi connectivity index (χ4v) is 2.37. The summed E-state index contributed by atoms with van der Waals surface area (Å²) in [5, 5.41) is 10.6. The lowest BCUT2D eigenvalue weighted by atomic mass is 10.3. The van der Waals surface area contributed by atoms with Crippen LogP contribution in [0.3, 0.4) is 0 Å². The summed E-state index contributed by atoms with van der Waals surface area (Å²) in [7, 11) is 0. The molecule has 1 aromatic carbocycles. The molecule has 8 heteroatoms. The van der Waals surface area contributed by atoms with Gasteiger partial charge in [0, 0.05) is 44.7 Å². The molecule has 0 aliphatic carbocycles. The number of hydrogen-bond acceptors (Lipinski definition) is 5. The highest BCUT2D eigenvalue weighted by Crippen LogP contribution is 2.18. The maximum Gasteiger partial charge on any atom is 0.415 e. The van der Waals surface area contributed by atoms with Crippen LogP contribution in [0.4, 0.5) is 10.5 Å². The van der Waals surface area contributed by atoms with Gasteiger partial charge in [-0.3, -0.25) is 14.9 Å². The lowest BCUT2D eigenvalue weighted by Crippen LogP contribution is -2.38. The summed E-state index contributed by atoms with van der Waals surface area (Å²) in [6.07, 6.45) is 0.638. The van der Waals surface area contributed by atoms with E-state index in [0.29, 0.717) is 39.0 Å². The zero-order valence-corrected chi connectivity index (χ0v) is 12.9. The van der Waals surface area contributed by atoms with E-state index in [2.05, 4.69) is 0 Å². The standard InChI is InChI=1S/C15H19N3O5/c1-2-14(19)16-8-3-9-17(11-10-16)15(20)23-13-6-4-12(5-7-13)18(21)22/h4-7H,2-3,8-11H2,1H3. The molecule has 124 valence electrons. The SMILES string of the molecule is CCC(=O)N1CCCN(C(=O)Oc2ccc([N+](=O)[O-])cc2)CC1. The third-order valence-corrected chi connectivity index (χ3v) is 3.66. The molecule has 1 aromatic rings. The number of amides is 2. The van der Waals surface area contributed by atoms with Crippen molar-refractivity contribution < 1.29 is 19.2 Å². The first-order chi connectivity index (χ1) is 11.0. The predicted octanol–water partition coefficient (Wildman–Crippen LogP) is 2.04. The largest absolute Gasteiger partial charge is 0.415 e. The Labute approximate surface area is 133 Å². The Balaban J connectivity index is 1.92. The lowest BCUT2D eigenvalue weighted by Gasteiger charge is -2.21. The van der Waals surface area contributed by atoms with Crippen LogP contribution < -0.4 is 4.74 Å². The van der Waals surface area contributed by atoms with Gasteiger partial charge in [0.05, 0.1) is 4.92 Å². The van der Waals surface area contributed by atoms with Crippen molar-refractivity contribution in [1.82, 2.24) is 9.80 Å². The Kier molecular flexibility index (Phi) is 5.51. The van der Waals surface area contributed by atoms with Crippen molar-refractivity contribution in [2.24, 2.45) is 0 Å². The molecular formula is C15H19N3O5. The number of hydrogen-bond donors (Lipinski definition) is 0. The van der Waals surface area contributed by atoms with Crippen molar-refractivity contribution in [1.29, 1.82) is 0 Å². The minimum absolute atomic E-state index is 0.0618. The van der Waals surface area contributed by atoms with Crippen LogP contribution >= 0.6 is 0 Å². The van der Waals surface area contributed by atoms with Crippen molar-refractivity contribution in [2.45, 2.75) is 19.8 Å². The number of carbonyl (C=O) groups is 2. The first-order valence-corrected chi connectivity index (χ1v) is 7.50. The van der Waals surface area contributed by atoms with Crippen LogP contribution in [0, 0.1) is 10.1 Å². The first-order valence-electron chi connectivity index (χ1n) is 7.50. The molecular weight excluding hydrogens is 302 g/mol. The smallest absolute Gasteiger partial charge is 0.410 e. The van der Waals surface area contributed by atoms with Crippen molar-refractivity contribution >= 4 is 17.7 Å². The Bertz CT molecular complexity index is 587. The second-order valence-electron chi connectivity index (χ2n) is 5.19. The molecule has 2 rings (SSSR count). The summed E-state index contributed by atoms with van der Waals surface area (Å²) >= 11 is 0. The van der Waals surface area contributed by atoms with Gasteiger partial charge in [0.15, 0.2) is 0 Å². The molecule has 0 aromatic heterocycles. The summed E-state index contributed by atoms with van der Waals surface area (Å²) in [5.41, 5.74) is -0.0618. The molecule has 1 aliphatic heterocycles. The topological polar surface area (TPSA) is 93.0 Å². The first kappa shape index (κ1) is 16.7. The number of carbonyl (C=O) groups excluding carboxylic acids is 2. The van der Waals surface area contributed by atoms with Gasteiger partial charge >= 0.3 is 6.09 Å². The van der Waals surface area contributed by atoms with Gasteiger partial charge in [-0.2, -0.15) is 0 Å². The van der Waals surface area contributed by atoms with Crippen molar-refractivity contribution in [3.05, 3.63) is 34.4 Å². The third kappa shape index (κ3) is 4.41. The molecule has 0 radical (unpaired) electrons. The molecule has 0 atom stereocenters. The Morgan fingerprint density at radius 3 is 2.35 bits per heavy atom. The predicted molar refractivity (Wildman–Crippen MR) is 82.2 cm³/mol. The van der Waals surface area contributed by atoms with E-state index >= 15 is 0 Å². The lowest BCUT2D eigenvalue weighted by molar-refractivity contribution is -0.384. The molecule has 8 nitrogen and oxygen atoms in total. The number of non-ortho nitro benzene ring substituents is 1. The van der Waals surface area contributed by atoms with Crippen LogP contribution in [0.15, 0.2) is 24.3 Å². The number of rotatable bonds is 3. The van der Waals surface area contributed by atoms with Crippen molar-refractivity contribution in [3.63, 3.8) is 0 Å². The molecule has 1 fully saturated rings. The summed E-state index contributed by atoms with van der Waals surface area (Å²) < 4.78 is 5.23. The van der Waals surface area contributed by atoms with Gasteiger partial charge in [0.25, 0.3) is 5.69 Å². The van der Waals surface area contributed by atoms with E-state index in [-0.39, 0.29) is 17.3 Å². The van der Waals surface area contributed by atoms with E-state index in [1.54, 1.807) is 9.80 Å². The average molecular weight is 321 g/mol. The van der Waals surface area contributed by atoms with Gasteiger partial charge < -0.3 is 14.5 Å². The molecule has 0 spiro atoms. The minimum atomic E-state index is -0.514. The monoisotopic (exact) mass is 321 g/mol. The average Bonchev–Trinajstić information content (AvgIpc) is 2.80.